The number of methoxy groups -OCH3 is 1. The third-order valence-electron chi connectivity index (χ3n) is 5.48. The number of thiophene rings is 1. The van der Waals surface area contributed by atoms with Gasteiger partial charge in [-0.3, -0.25) is 9.59 Å². The van der Waals surface area contributed by atoms with Crippen molar-refractivity contribution in [2.45, 2.75) is 37.1 Å². The number of ether oxygens (including phenoxy) is 1. The summed E-state index contributed by atoms with van der Waals surface area (Å²) in [5.41, 5.74) is 1.33. The number of amides is 1. The van der Waals surface area contributed by atoms with Crippen LogP contribution in [0.3, 0.4) is 0 Å². The van der Waals surface area contributed by atoms with Crippen molar-refractivity contribution in [1.82, 2.24) is 9.88 Å². The zero-order valence-corrected chi connectivity index (χ0v) is 20.8. The Morgan fingerprint density at radius 1 is 1.35 bits per heavy atom. The molecular weight excluding hydrogens is 502 g/mol. The molecule has 1 aliphatic heterocycles. The summed E-state index contributed by atoms with van der Waals surface area (Å²) in [4.78, 5) is 26.9. The number of aromatic nitrogens is 1. The van der Waals surface area contributed by atoms with Crippen LogP contribution < -0.4 is 9.62 Å². The number of halogens is 1. The average Bonchev–Trinajstić information content (AvgIpc) is 3.54. The maximum absolute atomic E-state index is 13.3. The second-order valence-corrected chi connectivity index (χ2v) is 11.1. The van der Waals surface area contributed by atoms with Crippen LogP contribution in [0.15, 0.2) is 45.8 Å². The summed E-state index contributed by atoms with van der Waals surface area (Å²) >= 11 is 7.27. The molecule has 3 heterocycles. The minimum atomic E-state index is -4.14. The van der Waals surface area contributed by atoms with Crippen molar-refractivity contribution in [1.29, 1.82) is 0 Å². The van der Waals surface area contributed by atoms with E-state index in [1.165, 1.54) is 24.5 Å². The summed E-state index contributed by atoms with van der Waals surface area (Å²) in [6.07, 6.45) is 1.06. The van der Waals surface area contributed by atoms with Crippen molar-refractivity contribution in [3.63, 3.8) is 0 Å². The molecule has 0 saturated carbocycles. The maximum Gasteiger partial charge on any atom is 0.324 e. The van der Waals surface area contributed by atoms with Crippen molar-refractivity contribution >= 4 is 50.5 Å². The van der Waals surface area contributed by atoms with E-state index in [0.29, 0.717) is 40.0 Å². The highest BCUT2D eigenvalue weighted by Gasteiger charge is 2.31. The number of carbonyl (C=O) groups is 2. The van der Waals surface area contributed by atoms with E-state index >= 15 is 0 Å². The van der Waals surface area contributed by atoms with E-state index in [-0.39, 0.29) is 17.2 Å². The highest BCUT2D eigenvalue weighted by molar-refractivity contribution is 7.89. The minimum absolute atomic E-state index is 0.0207. The molecular formula is C22H22ClN3O6S2. The average molecular weight is 524 g/mol. The highest BCUT2D eigenvalue weighted by atomic mass is 35.5. The number of hydrogen-bond acceptors (Lipinski definition) is 8. The molecule has 0 spiro atoms. The molecule has 1 aliphatic rings. The molecule has 2 aromatic heterocycles. The summed E-state index contributed by atoms with van der Waals surface area (Å²) in [6.45, 7) is 2.17. The molecule has 180 valence electrons. The quantitative estimate of drug-likeness (QED) is 0.448. The van der Waals surface area contributed by atoms with E-state index in [2.05, 4.69) is 9.88 Å². The van der Waals surface area contributed by atoms with Crippen LogP contribution in [-0.2, 0) is 30.8 Å². The fourth-order valence-electron chi connectivity index (χ4n) is 3.84. The molecule has 9 nitrogen and oxygen atoms in total. The lowest BCUT2D eigenvalue weighted by atomic mass is 10.1. The van der Waals surface area contributed by atoms with Gasteiger partial charge in [-0.25, -0.2) is 8.42 Å². The van der Waals surface area contributed by atoms with E-state index < -0.39 is 22.0 Å². The molecule has 1 saturated heterocycles. The molecule has 1 unspecified atom stereocenters. The number of esters is 1. The lowest BCUT2D eigenvalue weighted by Crippen LogP contribution is -2.43. The smallest absolute Gasteiger partial charge is 0.324 e. The first-order valence-corrected chi connectivity index (χ1v) is 13.1. The van der Waals surface area contributed by atoms with E-state index in [1.54, 1.807) is 42.2 Å². The van der Waals surface area contributed by atoms with Gasteiger partial charge in [-0.1, -0.05) is 22.8 Å². The molecule has 0 aliphatic carbocycles. The summed E-state index contributed by atoms with van der Waals surface area (Å²) in [5.74, 6) is -0.361. The van der Waals surface area contributed by atoms with Crippen molar-refractivity contribution in [2.24, 2.45) is 0 Å². The number of hydrogen-bond donors (Lipinski definition) is 1. The lowest BCUT2D eigenvalue weighted by molar-refractivity contribution is -0.142. The molecule has 1 aromatic carbocycles. The Balaban J connectivity index is 1.58. The topological polar surface area (TPSA) is 119 Å². The first-order valence-electron chi connectivity index (χ1n) is 10.4. The number of nitrogens with zero attached hydrogens (tertiary/aromatic N) is 2. The highest BCUT2D eigenvalue weighted by Crippen LogP contribution is 2.32. The molecule has 1 N–H and O–H groups in total. The molecule has 34 heavy (non-hydrogen) atoms. The molecule has 3 aromatic rings. The first kappa shape index (κ1) is 24.4. The Kier molecular flexibility index (Phi) is 7.08. The van der Waals surface area contributed by atoms with Gasteiger partial charge in [0, 0.05) is 31.1 Å². The number of anilines is 1. The molecule has 1 atom stereocenters. The van der Waals surface area contributed by atoms with Crippen LogP contribution in [0.25, 0.3) is 10.6 Å². The third-order valence-corrected chi connectivity index (χ3v) is 8.34. The van der Waals surface area contributed by atoms with Crippen LogP contribution in [0.4, 0.5) is 5.69 Å². The van der Waals surface area contributed by atoms with Crippen molar-refractivity contribution in [2.75, 3.05) is 18.6 Å². The Labute approximate surface area is 205 Å². The van der Waals surface area contributed by atoms with Crippen LogP contribution >= 0.6 is 22.9 Å². The molecule has 1 fully saturated rings. The monoisotopic (exact) mass is 523 g/mol. The Bertz CT molecular complexity index is 1330. The molecule has 12 heteroatoms. The van der Waals surface area contributed by atoms with Crippen LogP contribution in [0.1, 0.15) is 24.1 Å². The molecule has 0 bridgehead atoms. The Morgan fingerprint density at radius 3 is 2.79 bits per heavy atom. The SMILES string of the molecule is COC(=O)C(Cc1cc(-c2ccc(Cl)s2)on1)NS(=O)(=O)c1cccc(N2CCCC2=O)c1C. The van der Waals surface area contributed by atoms with Gasteiger partial charge in [0.2, 0.25) is 15.9 Å². The second-order valence-electron chi connectivity index (χ2n) is 7.74. The van der Waals surface area contributed by atoms with E-state index in [0.717, 1.165) is 11.3 Å². The van der Waals surface area contributed by atoms with Gasteiger partial charge in [-0.15, -0.1) is 11.3 Å². The normalized spacial score (nSPS) is 15.0. The minimum Gasteiger partial charge on any atom is -0.468 e. The zero-order chi connectivity index (χ0) is 24.5. The van der Waals surface area contributed by atoms with Crippen LogP contribution in [0.2, 0.25) is 4.34 Å². The van der Waals surface area contributed by atoms with Crippen molar-refractivity contribution in [3.8, 4) is 10.6 Å². The van der Waals surface area contributed by atoms with E-state index in [4.69, 9.17) is 20.9 Å². The number of nitrogens with one attached hydrogen (secondary N) is 1. The van der Waals surface area contributed by atoms with Gasteiger partial charge in [0.25, 0.3) is 0 Å². The summed E-state index contributed by atoms with van der Waals surface area (Å²) < 4.78 is 39.7. The fourth-order valence-corrected chi connectivity index (χ4v) is 6.27. The molecule has 0 radical (unpaired) electrons. The van der Waals surface area contributed by atoms with Gasteiger partial charge in [-0.2, -0.15) is 4.72 Å². The van der Waals surface area contributed by atoms with E-state index in [1.807, 2.05) is 0 Å². The maximum atomic E-state index is 13.3. The predicted octanol–water partition coefficient (Wildman–Crippen LogP) is 3.55. The standard InChI is InChI=1S/C22H22ClN3O6S2/c1-13-16(26-10-4-7-21(26)27)5-3-6-19(13)34(29,30)25-15(22(28)31-2)11-14-12-17(32-24-14)18-8-9-20(23)33-18/h3,5-6,8-9,12,15,25H,4,7,10-11H2,1-2H3. The molecule has 4 rings (SSSR count). The van der Waals surface area contributed by atoms with Crippen LogP contribution in [-0.4, -0.2) is 45.1 Å². The number of carbonyl (C=O) groups excluding carboxylic acids is 2. The summed E-state index contributed by atoms with van der Waals surface area (Å²) in [6, 6.07) is 8.60. The van der Waals surface area contributed by atoms with Crippen molar-refractivity contribution < 1.29 is 27.3 Å². The summed E-state index contributed by atoms with van der Waals surface area (Å²) in [7, 11) is -2.96. The number of sulfonamides is 1. The van der Waals surface area contributed by atoms with E-state index in [9.17, 15) is 18.0 Å². The second kappa shape index (κ2) is 9.87. The lowest BCUT2D eigenvalue weighted by Gasteiger charge is -2.21. The third kappa shape index (κ3) is 5.02. The zero-order valence-electron chi connectivity index (χ0n) is 18.4. The largest absolute Gasteiger partial charge is 0.468 e. The van der Waals surface area contributed by atoms with Crippen molar-refractivity contribution in [3.05, 3.63) is 52.0 Å². The van der Waals surface area contributed by atoms with Gasteiger partial charge >= 0.3 is 5.97 Å². The van der Waals surface area contributed by atoms with Crippen LogP contribution in [0.5, 0.6) is 0 Å². The number of benzene rings is 1. The van der Waals surface area contributed by atoms with Crippen LogP contribution in [0, 0.1) is 6.92 Å². The summed E-state index contributed by atoms with van der Waals surface area (Å²) in [5, 5.41) is 3.96. The fraction of sp³-hybridized carbons (Fsp3) is 0.318. The van der Waals surface area contributed by atoms with Gasteiger partial charge in [0.15, 0.2) is 5.76 Å². The Morgan fingerprint density at radius 2 is 2.15 bits per heavy atom. The number of rotatable bonds is 8. The Hall–Kier alpha value is -2.73. The predicted molar refractivity (Wildman–Crippen MR) is 127 cm³/mol. The molecule has 1 amide bonds. The van der Waals surface area contributed by atoms with Gasteiger partial charge < -0.3 is 14.2 Å². The van der Waals surface area contributed by atoms with Gasteiger partial charge in [-0.05, 0) is 43.2 Å². The first-order chi connectivity index (χ1) is 16.2. The van der Waals surface area contributed by atoms with Gasteiger partial charge in [0.05, 0.1) is 26.9 Å². The van der Waals surface area contributed by atoms with Gasteiger partial charge in [0.1, 0.15) is 6.04 Å².